The number of hydrogen-bond acceptors (Lipinski definition) is 4. The topological polar surface area (TPSA) is 90.9 Å². The van der Waals surface area contributed by atoms with Crippen molar-refractivity contribution in [2.24, 2.45) is 5.92 Å². The Balaban J connectivity index is 2.13. The largest absolute Gasteiger partial charge is 0.481 e. The summed E-state index contributed by atoms with van der Waals surface area (Å²) in [5, 5.41) is 14.1. The van der Waals surface area contributed by atoms with Crippen LogP contribution in [0.25, 0.3) is 0 Å². The van der Waals surface area contributed by atoms with Gasteiger partial charge in [-0.3, -0.25) is 4.79 Å². The fourth-order valence-corrected chi connectivity index (χ4v) is 2.44. The Morgan fingerprint density at radius 1 is 1.24 bits per heavy atom. The molecule has 1 aliphatic rings. The molecule has 2 atom stereocenters. The molecule has 2 amide bonds. The number of nitrogens with zero attached hydrogens (tertiary/aromatic N) is 1. The van der Waals surface area contributed by atoms with Gasteiger partial charge in [0.25, 0.3) is 0 Å². The molecule has 1 aliphatic heterocycles. The van der Waals surface area contributed by atoms with Gasteiger partial charge in [-0.05, 0) is 31.8 Å². The van der Waals surface area contributed by atoms with Gasteiger partial charge >= 0.3 is 12.0 Å². The average Bonchev–Trinajstić information content (AvgIpc) is 2.93. The minimum Gasteiger partial charge on any atom is -0.481 e. The number of nitrogens with one attached hydrogen (secondary N) is 2. The third-order valence-corrected chi connectivity index (χ3v) is 3.61. The predicted octanol–water partition coefficient (Wildman–Crippen LogP) is 0.507. The maximum Gasteiger partial charge on any atom is 0.314 e. The van der Waals surface area contributed by atoms with Crippen molar-refractivity contribution in [1.29, 1.82) is 0 Å². The lowest BCUT2D eigenvalue weighted by atomic mass is 10.1. The van der Waals surface area contributed by atoms with Crippen LogP contribution in [-0.2, 0) is 9.53 Å². The molecule has 1 rings (SSSR count). The fourth-order valence-electron chi connectivity index (χ4n) is 2.44. The number of carbonyl (C=O) groups is 2. The Morgan fingerprint density at radius 3 is 2.43 bits per heavy atom. The average molecular weight is 301 g/mol. The fraction of sp³-hybridized carbons (Fsp3) is 0.857. The molecule has 21 heavy (non-hydrogen) atoms. The second-order valence-corrected chi connectivity index (χ2v) is 5.66. The third-order valence-electron chi connectivity index (χ3n) is 3.61. The van der Waals surface area contributed by atoms with Crippen molar-refractivity contribution in [3.05, 3.63) is 0 Å². The number of carboxylic acids is 1. The summed E-state index contributed by atoms with van der Waals surface area (Å²) >= 11 is 0. The molecule has 0 aromatic rings. The predicted molar refractivity (Wildman–Crippen MR) is 79.3 cm³/mol. The number of rotatable bonds is 9. The van der Waals surface area contributed by atoms with Crippen LogP contribution in [0.4, 0.5) is 4.79 Å². The van der Waals surface area contributed by atoms with Gasteiger partial charge in [0.05, 0.1) is 12.5 Å². The standard InChI is InChI=1S/C14H27N3O4/c1-11(10-17-5-3-4-6-17)8-15-14(20)16-9-12(21-2)7-13(18)19/h11-12H,3-10H2,1-2H3,(H,18,19)(H2,15,16,20). The van der Waals surface area contributed by atoms with E-state index < -0.39 is 12.1 Å². The monoisotopic (exact) mass is 301 g/mol. The first-order valence-electron chi connectivity index (χ1n) is 7.50. The summed E-state index contributed by atoms with van der Waals surface area (Å²) in [4.78, 5) is 24.6. The summed E-state index contributed by atoms with van der Waals surface area (Å²) in [6, 6.07) is -0.282. The van der Waals surface area contributed by atoms with Gasteiger partial charge in [-0.1, -0.05) is 6.92 Å². The number of hydrogen-bond donors (Lipinski definition) is 3. The highest BCUT2D eigenvalue weighted by atomic mass is 16.5. The number of carbonyl (C=O) groups excluding carboxylic acids is 1. The van der Waals surface area contributed by atoms with Crippen LogP contribution >= 0.6 is 0 Å². The van der Waals surface area contributed by atoms with Crippen molar-refractivity contribution in [3.8, 4) is 0 Å². The second-order valence-electron chi connectivity index (χ2n) is 5.66. The van der Waals surface area contributed by atoms with Crippen molar-refractivity contribution >= 4 is 12.0 Å². The molecule has 0 aliphatic carbocycles. The highest BCUT2D eigenvalue weighted by Crippen LogP contribution is 2.09. The molecule has 1 fully saturated rings. The van der Waals surface area contributed by atoms with Crippen molar-refractivity contribution in [2.75, 3.05) is 39.8 Å². The molecule has 1 heterocycles. The zero-order valence-electron chi connectivity index (χ0n) is 12.9. The summed E-state index contributed by atoms with van der Waals surface area (Å²) in [6.45, 7) is 6.22. The lowest BCUT2D eigenvalue weighted by Crippen LogP contribution is -2.43. The van der Waals surface area contributed by atoms with Crippen LogP contribution in [0, 0.1) is 5.92 Å². The van der Waals surface area contributed by atoms with E-state index in [1.165, 1.54) is 20.0 Å². The van der Waals surface area contributed by atoms with Gasteiger partial charge in [0.15, 0.2) is 0 Å². The minimum absolute atomic E-state index is 0.123. The number of urea groups is 1. The number of ether oxygens (including phenoxy) is 1. The highest BCUT2D eigenvalue weighted by molar-refractivity contribution is 5.74. The van der Waals surface area contributed by atoms with E-state index in [9.17, 15) is 9.59 Å². The second kappa shape index (κ2) is 9.57. The number of methoxy groups -OCH3 is 1. The van der Waals surface area contributed by atoms with Gasteiger partial charge in [0.2, 0.25) is 0 Å². The Bertz CT molecular complexity index is 332. The van der Waals surface area contributed by atoms with Crippen LogP contribution in [0.5, 0.6) is 0 Å². The molecular formula is C14H27N3O4. The number of amides is 2. The van der Waals surface area contributed by atoms with E-state index in [0.29, 0.717) is 12.5 Å². The molecule has 7 heteroatoms. The van der Waals surface area contributed by atoms with E-state index in [1.807, 2.05) is 0 Å². The quantitative estimate of drug-likeness (QED) is 0.577. The molecule has 122 valence electrons. The van der Waals surface area contributed by atoms with E-state index in [0.717, 1.165) is 19.6 Å². The first-order valence-corrected chi connectivity index (χ1v) is 7.50. The maximum absolute atomic E-state index is 11.7. The smallest absolute Gasteiger partial charge is 0.314 e. The Kier molecular flexibility index (Phi) is 8.07. The van der Waals surface area contributed by atoms with E-state index in [1.54, 1.807) is 0 Å². The van der Waals surface area contributed by atoms with Crippen LogP contribution in [0.2, 0.25) is 0 Å². The summed E-state index contributed by atoms with van der Waals surface area (Å²) < 4.78 is 5.00. The van der Waals surface area contributed by atoms with Gasteiger partial charge in [0.1, 0.15) is 0 Å². The van der Waals surface area contributed by atoms with E-state index >= 15 is 0 Å². The minimum atomic E-state index is -0.941. The van der Waals surface area contributed by atoms with Crippen LogP contribution in [0.15, 0.2) is 0 Å². The number of carboxylic acid groups (broad SMARTS) is 1. The van der Waals surface area contributed by atoms with Gasteiger partial charge in [-0.2, -0.15) is 0 Å². The Labute approximate surface area is 126 Å². The lowest BCUT2D eigenvalue weighted by molar-refractivity contribution is -0.139. The Hall–Kier alpha value is -1.34. The lowest BCUT2D eigenvalue weighted by Gasteiger charge is -2.21. The summed E-state index contributed by atoms with van der Waals surface area (Å²) in [7, 11) is 1.44. The van der Waals surface area contributed by atoms with Crippen molar-refractivity contribution in [1.82, 2.24) is 15.5 Å². The Morgan fingerprint density at radius 2 is 1.86 bits per heavy atom. The van der Waals surface area contributed by atoms with Crippen LogP contribution < -0.4 is 10.6 Å². The molecule has 0 aromatic carbocycles. The molecule has 2 unspecified atom stereocenters. The third kappa shape index (κ3) is 7.87. The van der Waals surface area contributed by atoms with E-state index in [2.05, 4.69) is 22.5 Å². The van der Waals surface area contributed by atoms with E-state index in [4.69, 9.17) is 9.84 Å². The van der Waals surface area contributed by atoms with Gasteiger partial charge in [0, 0.05) is 26.7 Å². The molecular weight excluding hydrogens is 274 g/mol. The number of likely N-dealkylation sites (tertiary alicyclic amines) is 1. The molecule has 0 saturated carbocycles. The molecule has 0 radical (unpaired) electrons. The van der Waals surface area contributed by atoms with Gasteiger partial charge in [-0.25, -0.2) is 4.79 Å². The van der Waals surface area contributed by atoms with Crippen LogP contribution in [-0.4, -0.2) is 67.9 Å². The SMILES string of the molecule is COC(CNC(=O)NCC(C)CN1CCCC1)CC(=O)O. The normalized spacial score (nSPS) is 18.2. The highest BCUT2D eigenvalue weighted by Gasteiger charge is 2.16. The van der Waals surface area contributed by atoms with Crippen molar-refractivity contribution < 1.29 is 19.4 Å². The summed E-state index contributed by atoms with van der Waals surface area (Å²) in [5.41, 5.74) is 0. The van der Waals surface area contributed by atoms with E-state index in [-0.39, 0.29) is 19.0 Å². The molecule has 1 saturated heterocycles. The van der Waals surface area contributed by atoms with Crippen molar-refractivity contribution in [3.63, 3.8) is 0 Å². The molecule has 7 nitrogen and oxygen atoms in total. The van der Waals surface area contributed by atoms with Gasteiger partial charge in [-0.15, -0.1) is 0 Å². The summed E-state index contributed by atoms with van der Waals surface area (Å²) in [5.74, 6) is -0.547. The molecule has 0 aromatic heterocycles. The maximum atomic E-state index is 11.7. The van der Waals surface area contributed by atoms with Crippen molar-refractivity contribution in [2.45, 2.75) is 32.3 Å². The summed E-state index contributed by atoms with van der Waals surface area (Å²) in [6.07, 6.45) is 1.91. The first kappa shape index (κ1) is 17.7. The van der Waals surface area contributed by atoms with Gasteiger partial charge < -0.3 is 25.4 Å². The zero-order chi connectivity index (χ0) is 15.7. The molecule has 3 N–H and O–H groups in total. The first-order chi connectivity index (χ1) is 10.0. The van der Waals surface area contributed by atoms with Crippen LogP contribution in [0.1, 0.15) is 26.2 Å². The van der Waals surface area contributed by atoms with Crippen LogP contribution in [0.3, 0.4) is 0 Å². The molecule has 0 spiro atoms. The molecule has 0 bridgehead atoms. The number of aliphatic carboxylic acids is 1. The zero-order valence-corrected chi connectivity index (χ0v) is 12.9.